The van der Waals surface area contributed by atoms with Gasteiger partial charge in [-0.2, -0.15) is 10.4 Å². The standard InChI is InChI=1S/C39H43F2N5O4Si/c1-39(2,3)50-38(48)45-13-11-25-17-32(40)35(36(41)31(25)21-45)29-19-30-33(18-27(29)20-42)46(23-49-14-15-51(5,6)7)43-37(30)26-9-8-24-10-12-44(4)34(22-47)28(24)16-26/h8-9,16-19H,10-15,21,23H2,1-7H3. The summed E-state index contributed by atoms with van der Waals surface area (Å²) in [5, 5.41) is 15.8. The first-order valence-corrected chi connectivity index (χ1v) is 20.9. The number of halogens is 2. The third kappa shape index (κ3) is 7.33. The van der Waals surface area contributed by atoms with Crippen molar-refractivity contribution >= 4 is 36.7 Å². The van der Waals surface area contributed by atoms with Crippen molar-refractivity contribution in [3.05, 3.63) is 75.8 Å². The van der Waals surface area contributed by atoms with E-state index in [9.17, 15) is 14.9 Å². The Bertz CT molecular complexity index is 2140. The zero-order chi connectivity index (χ0) is 36.8. The third-order valence-corrected chi connectivity index (χ3v) is 11.1. The monoisotopic (exact) mass is 711 g/mol. The lowest BCUT2D eigenvalue weighted by Crippen LogP contribution is -2.40. The molecule has 0 radical (unpaired) electrons. The minimum atomic E-state index is -1.36. The molecule has 3 aromatic carbocycles. The molecule has 12 heteroatoms. The number of hydrogen-bond acceptors (Lipinski definition) is 7. The Morgan fingerprint density at radius 2 is 1.78 bits per heavy atom. The number of rotatable bonds is 7. The van der Waals surface area contributed by atoms with Gasteiger partial charge in [-0.1, -0.05) is 31.8 Å². The highest BCUT2D eigenvalue weighted by atomic mass is 28.3. The Kier molecular flexibility index (Phi) is 9.68. The van der Waals surface area contributed by atoms with Crippen LogP contribution in [0, 0.1) is 23.0 Å². The fourth-order valence-electron chi connectivity index (χ4n) is 6.62. The normalized spacial score (nSPS) is 14.6. The molecular weight excluding hydrogens is 669 g/mol. The van der Waals surface area contributed by atoms with Crippen LogP contribution in [0.4, 0.5) is 13.6 Å². The summed E-state index contributed by atoms with van der Waals surface area (Å²) in [6.07, 6.45) is 0.437. The third-order valence-electron chi connectivity index (χ3n) is 9.39. The van der Waals surface area contributed by atoms with E-state index in [1.807, 2.05) is 30.1 Å². The fourth-order valence-corrected chi connectivity index (χ4v) is 7.38. The predicted octanol–water partition coefficient (Wildman–Crippen LogP) is 7.79. The molecular formula is C39H43F2N5O4Si. The van der Waals surface area contributed by atoms with E-state index in [-0.39, 0.29) is 48.5 Å². The molecule has 0 aliphatic carbocycles. The van der Waals surface area contributed by atoms with E-state index >= 15 is 8.78 Å². The van der Waals surface area contributed by atoms with Crippen LogP contribution in [0.5, 0.6) is 0 Å². The number of carbonyl (C=O) groups is 1. The molecule has 1 amide bonds. The van der Waals surface area contributed by atoms with Crippen LogP contribution < -0.4 is 0 Å². The quantitative estimate of drug-likeness (QED) is 0.110. The molecule has 1 aromatic heterocycles. The number of benzene rings is 3. The molecule has 0 spiro atoms. The van der Waals surface area contributed by atoms with Crippen molar-refractivity contribution in [1.82, 2.24) is 19.6 Å². The van der Waals surface area contributed by atoms with E-state index in [1.165, 1.54) is 11.0 Å². The van der Waals surface area contributed by atoms with E-state index in [0.29, 0.717) is 46.6 Å². The Hall–Kier alpha value is -4.82. The average Bonchev–Trinajstić information content (AvgIpc) is 3.41. The van der Waals surface area contributed by atoms with Crippen LogP contribution in [-0.4, -0.2) is 72.0 Å². The minimum absolute atomic E-state index is 0.0631. The maximum Gasteiger partial charge on any atom is 0.410 e. The second-order valence-corrected chi connectivity index (χ2v) is 21.2. The minimum Gasteiger partial charge on any atom is -0.444 e. The topological polar surface area (TPSA) is 101 Å². The molecule has 0 saturated carbocycles. The molecule has 0 unspecified atom stereocenters. The van der Waals surface area contributed by atoms with Crippen molar-refractivity contribution in [3.63, 3.8) is 0 Å². The Balaban J connectivity index is 1.49. The number of fused-ring (bicyclic) bond motifs is 3. The van der Waals surface area contributed by atoms with Crippen molar-refractivity contribution in [2.24, 2.45) is 0 Å². The molecule has 9 nitrogen and oxygen atoms in total. The zero-order valence-corrected chi connectivity index (χ0v) is 31.2. The van der Waals surface area contributed by atoms with Gasteiger partial charge in [-0.05, 0) is 75.0 Å². The number of carbonyl (C=O) groups excluding carboxylic acids is 2. The SMILES string of the molecule is CN1CCc2ccc(-c3nn(COCC[Si](C)(C)C)c4cc(C#N)c(-c5c(F)cc6c(c5F)CN(C(=O)OC(C)(C)C)CC6)cc34)cc2C1=C=O. The summed E-state index contributed by atoms with van der Waals surface area (Å²) in [4.78, 5) is 28.2. The lowest BCUT2D eigenvalue weighted by Gasteiger charge is -2.32. The number of aromatic nitrogens is 2. The summed E-state index contributed by atoms with van der Waals surface area (Å²) >= 11 is 0. The highest BCUT2D eigenvalue weighted by molar-refractivity contribution is 6.76. The van der Waals surface area contributed by atoms with Gasteiger partial charge in [-0.15, -0.1) is 0 Å². The average molecular weight is 712 g/mol. The van der Waals surface area contributed by atoms with Crippen molar-refractivity contribution in [1.29, 1.82) is 5.26 Å². The van der Waals surface area contributed by atoms with Crippen LogP contribution in [0.1, 0.15) is 48.6 Å². The molecule has 266 valence electrons. The van der Waals surface area contributed by atoms with Crippen LogP contribution in [0.2, 0.25) is 25.7 Å². The van der Waals surface area contributed by atoms with Crippen LogP contribution in [0.25, 0.3) is 39.0 Å². The first-order valence-electron chi connectivity index (χ1n) is 17.2. The second-order valence-electron chi connectivity index (χ2n) is 15.6. The van der Waals surface area contributed by atoms with Gasteiger partial charge in [-0.3, -0.25) is 0 Å². The van der Waals surface area contributed by atoms with Gasteiger partial charge in [0.15, 0.2) is 5.94 Å². The highest BCUT2D eigenvalue weighted by Crippen LogP contribution is 2.40. The smallest absolute Gasteiger partial charge is 0.410 e. The van der Waals surface area contributed by atoms with Gasteiger partial charge in [0.05, 0.1) is 29.3 Å². The molecule has 3 heterocycles. The number of hydrogen-bond donors (Lipinski definition) is 0. The van der Waals surface area contributed by atoms with Crippen molar-refractivity contribution in [2.75, 3.05) is 26.7 Å². The molecule has 6 rings (SSSR count). The van der Waals surface area contributed by atoms with Crippen LogP contribution in [0.15, 0.2) is 36.4 Å². The lowest BCUT2D eigenvalue weighted by atomic mass is 9.90. The second kappa shape index (κ2) is 13.7. The summed E-state index contributed by atoms with van der Waals surface area (Å²) in [7, 11) is 0.485. The van der Waals surface area contributed by atoms with E-state index < -0.39 is 31.4 Å². The van der Waals surface area contributed by atoms with Crippen molar-refractivity contribution in [2.45, 2.75) is 78.2 Å². The Labute approximate surface area is 298 Å². The number of nitriles is 1. The zero-order valence-electron chi connectivity index (χ0n) is 30.2. The Morgan fingerprint density at radius 3 is 2.47 bits per heavy atom. The number of likely N-dealkylation sites (N-methyl/N-ethyl adjacent to an activating group) is 1. The lowest BCUT2D eigenvalue weighted by molar-refractivity contribution is 0.0221. The van der Waals surface area contributed by atoms with Gasteiger partial charge in [0.2, 0.25) is 0 Å². The van der Waals surface area contributed by atoms with Gasteiger partial charge in [0.1, 0.15) is 35.4 Å². The molecule has 2 aliphatic heterocycles. The molecule has 51 heavy (non-hydrogen) atoms. The van der Waals surface area contributed by atoms with Gasteiger partial charge in [0.25, 0.3) is 0 Å². The largest absolute Gasteiger partial charge is 0.444 e. The van der Waals surface area contributed by atoms with Crippen molar-refractivity contribution < 1.29 is 27.8 Å². The van der Waals surface area contributed by atoms with Gasteiger partial charge in [-0.25, -0.2) is 23.1 Å². The first-order chi connectivity index (χ1) is 24.1. The predicted molar refractivity (Wildman–Crippen MR) is 195 cm³/mol. The molecule has 2 aliphatic rings. The number of ether oxygens (including phenoxy) is 2. The molecule has 0 bridgehead atoms. The molecule has 0 N–H and O–H groups in total. The van der Waals surface area contributed by atoms with E-state index in [2.05, 4.69) is 31.7 Å². The molecule has 0 fully saturated rings. The van der Waals surface area contributed by atoms with E-state index in [1.54, 1.807) is 37.6 Å². The van der Waals surface area contributed by atoms with Gasteiger partial charge in [0, 0.05) is 62.5 Å². The van der Waals surface area contributed by atoms with Gasteiger partial charge >= 0.3 is 6.09 Å². The molecule has 4 aromatic rings. The van der Waals surface area contributed by atoms with Crippen LogP contribution in [-0.2, 0) is 40.4 Å². The van der Waals surface area contributed by atoms with Gasteiger partial charge < -0.3 is 19.3 Å². The Morgan fingerprint density at radius 1 is 1.04 bits per heavy atom. The first kappa shape index (κ1) is 36.0. The maximum atomic E-state index is 16.6. The molecule has 0 atom stereocenters. The number of amides is 1. The van der Waals surface area contributed by atoms with E-state index in [4.69, 9.17) is 14.6 Å². The van der Waals surface area contributed by atoms with Crippen molar-refractivity contribution in [3.8, 4) is 28.5 Å². The fraction of sp³-hybridized carbons (Fsp3) is 0.410. The van der Waals surface area contributed by atoms with Crippen LogP contribution in [0.3, 0.4) is 0 Å². The highest BCUT2D eigenvalue weighted by Gasteiger charge is 2.31. The van der Waals surface area contributed by atoms with Crippen LogP contribution >= 0.6 is 0 Å². The number of nitrogens with zero attached hydrogens (tertiary/aromatic N) is 5. The maximum absolute atomic E-state index is 16.6. The summed E-state index contributed by atoms with van der Waals surface area (Å²) in [5.74, 6) is 0.459. The van der Waals surface area contributed by atoms with E-state index in [0.717, 1.165) is 23.6 Å². The summed E-state index contributed by atoms with van der Waals surface area (Å²) in [6.45, 7) is 13.6. The summed E-state index contributed by atoms with van der Waals surface area (Å²) < 4.78 is 45.9. The summed E-state index contributed by atoms with van der Waals surface area (Å²) in [6, 6.07) is 13.4. The summed E-state index contributed by atoms with van der Waals surface area (Å²) in [5.41, 5.74) is 3.69. The molecule has 0 saturated heterocycles.